The minimum absolute atomic E-state index is 0.0800. The van der Waals surface area contributed by atoms with Crippen molar-refractivity contribution >= 4 is 23.1 Å². The molecule has 10 nitrogen and oxygen atoms in total. The van der Waals surface area contributed by atoms with Crippen molar-refractivity contribution in [2.75, 3.05) is 36.5 Å². The molecule has 1 saturated heterocycles. The molecule has 1 amide bonds. The number of benzene rings is 3. The van der Waals surface area contributed by atoms with Gasteiger partial charge < -0.3 is 29.7 Å². The number of ether oxygens (including phenoxy) is 1. The van der Waals surface area contributed by atoms with E-state index in [0.717, 1.165) is 30.5 Å². The smallest absolute Gasteiger partial charge is 0.293 e. The molecule has 3 heterocycles. The fourth-order valence-corrected chi connectivity index (χ4v) is 6.89. The van der Waals surface area contributed by atoms with Gasteiger partial charge in [0.05, 0.1) is 24.1 Å². The molecule has 3 N–H and O–H groups in total. The van der Waals surface area contributed by atoms with E-state index in [0.29, 0.717) is 59.4 Å². The first kappa shape index (κ1) is 31.3. The minimum Gasteiger partial charge on any atom is -0.392 e. The number of likely N-dealkylation sites (tertiary alicyclic amines) is 1. The Morgan fingerprint density at radius 2 is 1.83 bits per heavy atom. The summed E-state index contributed by atoms with van der Waals surface area (Å²) in [6.45, 7) is 4.28. The Labute approximate surface area is 274 Å². The van der Waals surface area contributed by atoms with Crippen LogP contribution in [0.5, 0.6) is 0 Å². The lowest BCUT2D eigenvalue weighted by Gasteiger charge is -2.31. The number of fused-ring (bicyclic) bond motifs is 1. The van der Waals surface area contributed by atoms with Crippen LogP contribution in [0.4, 0.5) is 17.2 Å². The number of carbonyl (C=O) groups is 1. The molecule has 1 unspecified atom stereocenters. The Kier molecular flexibility index (Phi) is 8.67. The van der Waals surface area contributed by atoms with Crippen LogP contribution in [0.25, 0.3) is 11.3 Å². The van der Waals surface area contributed by atoms with Crippen LogP contribution in [-0.4, -0.2) is 62.9 Å². The fourth-order valence-electron chi connectivity index (χ4n) is 6.89. The van der Waals surface area contributed by atoms with E-state index in [1.54, 1.807) is 18.1 Å². The van der Waals surface area contributed by atoms with Crippen LogP contribution in [0.15, 0.2) is 71.7 Å². The molecule has 7 rings (SSSR count). The molecule has 1 saturated carbocycles. The maximum absolute atomic E-state index is 13.7. The summed E-state index contributed by atoms with van der Waals surface area (Å²) >= 11 is 0. The summed E-state index contributed by atoms with van der Waals surface area (Å²) in [5.41, 5.74) is 6.54. The number of carbonyl (C=O) groups excluding carboxylic acids is 1. The fraction of sp³-hybridized carbons (Fsp3) is 0.378. The van der Waals surface area contributed by atoms with Crippen molar-refractivity contribution in [3.8, 4) is 11.3 Å². The van der Waals surface area contributed by atoms with Crippen molar-refractivity contribution in [2.24, 2.45) is 7.05 Å². The van der Waals surface area contributed by atoms with E-state index in [4.69, 9.17) is 9.72 Å². The third-order valence-corrected chi connectivity index (χ3v) is 9.60. The van der Waals surface area contributed by atoms with Gasteiger partial charge in [0.1, 0.15) is 6.23 Å². The summed E-state index contributed by atoms with van der Waals surface area (Å²) in [6, 6.07) is 19.1. The zero-order valence-electron chi connectivity index (χ0n) is 26.9. The zero-order chi connectivity index (χ0) is 32.7. The lowest BCUT2D eigenvalue weighted by atomic mass is 9.93. The Balaban J connectivity index is 1.13. The maximum atomic E-state index is 13.7. The van der Waals surface area contributed by atoms with Crippen molar-refractivity contribution in [1.82, 2.24) is 14.5 Å². The van der Waals surface area contributed by atoms with Gasteiger partial charge in [-0.15, -0.1) is 0 Å². The second-order valence-corrected chi connectivity index (χ2v) is 12.7. The molecule has 2 atom stereocenters. The highest BCUT2D eigenvalue weighted by atomic mass is 16.5. The normalized spacial score (nSPS) is 18.8. The number of amides is 1. The van der Waals surface area contributed by atoms with E-state index < -0.39 is 6.23 Å². The first-order valence-electron chi connectivity index (χ1n) is 16.5. The summed E-state index contributed by atoms with van der Waals surface area (Å²) in [6.07, 6.45) is 5.09. The van der Waals surface area contributed by atoms with Crippen molar-refractivity contribution in [2.45, 2.75) is 57.5 Å². The number of hydrogen-bond acceptors (Lipinski definition) is 8. The monoisotopic (exact) mass is 635 g/mol. The number of aromatic nitrogens is 2. The SMILES string of the molecule is CCO[C@H]1CCN(C(O)c2ccc(Nc3nc(-c4cccc(N5CCc6cc(C7CC7)ccc6C5=O)c4CO)cn(C)c3=O)cc2)C1. The zero-order valence-corrected chi connectivity index (χ0v) is 26.9. The molecule has 2 fully saturated rings. The van der Waals surface area contributed by atoms with Crippen LogP contribution in [0.1, 0.15) is 70.9 Å². The number of anilines is 3. The Morgan fingerprint density at radius 1 is 1.02 bits per heavy atom. The second kappa shape index (κ2) is 13.0. The van der Waals surface area contributed by atoms with Gasteiger partial charge in [0.15, 0.2) is 5.82 Å². The highest BCUT2D eigenvalue weighted by Gasteiger charge is 2.31. The van der Waals surface area contributed by atoms with Gasteiger partial charge in [0.25, 0.3) is 11.5 Å². The number of nitrogens with zero attached hydrogens (tertiary/aromatic N) is 4. The number of aliphatic hydroxyl groups excluding tert-OH is 2. The molecule has 1 aliphatic carbocycles. The van der Waals surface area contributed by atoms with E-state index in [2.05, 4.69) is 17.4 Å². The number of rotatable bonds is 10. The van der Waals surface area contributed by atoms with Crippen molar-refractivity contribution in [3.05, 3.63) is 105 Å². The minimum atomic E-state index is -0.742. The molecule has 10 heteroatoms. The van der Waals surface area contributed by atoms with E-state index >= 15 is 0 Å². The largest absolute Gasteiger partial charge is 0.392 e. The third-order valence-electron chi connectivity index (χ3n) is 9.60. The predicted molar refractivity (Wildman–Crippen MR) is 181 cm³/mol. The highest BCUT2D eigenvalue weighted by Crippen LogP contribution is 2.41. The Bertz CT molecular complexity index is 1850. The average molecular weight is 636 g/mol. The summed E-state index contributed by atoms with van der Waals surface area (Å²) in [4.78, 5) is 35.3. The summed E-state index contributed by atoms with van der Waals surface area (Å²) < 4.78 is 7.17. The number of aryl methyl sites for hydroxylation is 1. The molecule has 47 heavy (non-hydrogen) atoms. The Morgan fingerprint density at radius 3 is 2.57 bits per heavy atom. The van der Waals surface area contributed by atoms with Gasteiger partial charge in [-0.1, -0.05) is 36.4 Å². The molecular weight excluding hydrogens is 594 g/mol. The standard InChI is InChI=1S/C37H41N5O5/c1-3-47-28-16-17-41(20-28)35(44)24-9-12-27(13-10-24)38-34-37(46)40(2)21-32(39-34)30-5-4-6-33(31(30)22-43)42-18-15-26-19-25(23-7-8-23)11-14-29(26)36(42)45/h4-6,9-14,19,21,23,28,35,43-44H,3,7-8,15-18,20,22H2,1-2H3,(H,38,39)/t28-,35?/m0/s1. The first-order chi connectivity index (χ1) is 22.8. The summed E-state index contributed by atoms with van der Waals surface area (Å²) in [5, 5.41) is 24.7. The molecule has 3 aliphatic rings. The second-order valence-electron chi connectivity index (χ2n) is 12.7. The number of hydrogen-bond donors (Lipinski definition) is 3. The van der Waals surface area contributed by atoms with Gasteiger partial charge in [-0.3, -0.25) is 14.5 Å². The predicted octanol–water partition coefficient (Wildman–Crippen LogP) is 4.87. The van der Waals surface area contributed by atoms with Crippen LogP contribution in [0, 0.1) is 0 Å². The van der Waals surface area contributed by atoms with Crippen LogP contribution in [0.3, 0.4) is 0 Å². The molecular formula is C37H41N5O5. The van der Waals surface area contributed by atoms with Gasteiger partial charge in [0.2, 0.25) is 0 Å². The van der Waals surface area contributed by atoms with Gasteiger partial charge >= 0.3 is 0 Å². The summed E-state index contributed by atoms with van der Waals surface area (Å²) in [5.74, 6) is 0.672. The number of aliphatic hydroxyl groups is 2. The molecule has 0 spiro atoms. The van der Waals surface area contributed by atoms with E-state index in [1.165, 1.54) is 23.0 Å². The molecule has 0 bridgehead atoms. The average Bonchev–Trinajstić information content (AvgIpc) is 3.84. The lowest BCUT2D eigenvalue weighted by molar-refractivity contribution is -0.0000986. The lowest BCUT2D eigenvalue weighted by Crippen LogP contribution is -2.38. The molecule has 2 aliphatic heterocycles. The highest BCUT2D eigenvalue weighted by molar-refractivity contribution is 6.09. The van der Waals surface area contributed by atoms with Gasteiger partial charge in [-0.2, -0.15) is 0 Å². The maximum Gasteiger partial charge on any atom is 0.293 e. The van der Waals surface area contributed by atoms with Crippen molar-refractivity contribution < 1.29 is 19.7 Å². The van der Waals surface area contributed by atoms with E-state index in [1.807, 2.05) is 60.4 Å². The molecule has 3 aromatic carbocycles. The quantitative estimate of drug-likeness (QED) is 0.226. The van der Waals surface area contributed by atoms with Gasteiger partial charge in [-0.05, 0) is 79.5 Å². The number of nitrogens with one attached hydrogen (secondary N) is 1. The topological polar surface area (TPSA) is 120 Å². The van der Waals surface area contributed by atoms with Crippen LogP contribution < -0.4 is 15.8 Å². The molecule has 244 valence electrons. The summed E-state index contributed by atoms with van der Waals surface area (Å²) in [7, 11) is 1.66. The van der Waals surface area contributed by atoms with Crippen LogP contribution in [-0.2, 0) is 24.8 Å². The van der Waals surface area contributed by atoms with Crippen LogP contribution in [0.2, 0.25) is 0 Å². The van der Waals surface area contributed by atoms with Gasteiger partial charge in [0, 0.05) is 61.9 Å². The van der Waals surface area contributed by atoms with Gasteiger partial charge in [-0.25, -0.2) is 4.98 Å². The van der Waals surface area contributed by atoms with Crippen molar-refractivity contribution in [3.63, 3.8) is 0 Å². The van der Waals surface area contributed by atoms with Crippen LogP contribution >= 0.6 is 0 Å². The molecule has 4 aromatic rings. The third kappa shape index (κ3) is 6.21. The Hall–Kier alpha value is -4.35. The van der Waals surface area contributed by atoms with E-state index in [-0.39, 0.29) is 30.0 Å². The molecule has 1 aromatic heterocycles. The molecule has 0 radical (unpaired) electrons. The first-order valence-corrected chi connectivity index (χ1v) is 16.5. The van der Waals surface area contributed by atoms with Crippen molar-refractivity contribution in [1.29, 1.82) is 0 Å². The van der Waals surface area contributed by atoms with E-state index in [9.17, 15) is 19.8 Å².